The predicted octanol–water partition coefficient (Wildman–Crippen LogP) is 3.72. The number of aliphatic hydroxyl groups is 1. The smallest absolute Gasteiger partial charge is 0.0876 e. The van der Waals surface area contributed by atoms with Crippen molar-refractivity contribution in [1.82, 2.24) is 4.98 Å². The first-order valence-corrected chi connectivity index (χ1v) is 7.55. The molecule has 2 aromatic rings. The number of fused-ring (bicyclic) bond motifs is 1. The number of aliphatic hydroxyl groups excluding tert-OH is 1. The molecule has 1 aromatic carbocycles. The molecule has 0 radical (unpaired) electrons. The minimum Gasteiger partial charge on any atom is -0.388 e. The highest BCUT2D eigenvalue weighted by atomic mass is 16.3. The van der Waals surface area contributed by atoms with Gasteiger partial charge in [-0.2, -0.15) is 0 Å². The predicted molar refractivity (Wildman–Crippen MR) is 78.7 cm³/mol. The van der Waals surface area contributed by atoms with Crippen molar-refractivity contribution in [2.75, 3.05) is 0 Å². The summed E-state index contributed by atoms with van der Waals surface area (Å²) in [7, 11) is 0. The van der Waals surface area contributed by atoms with Gasteiger partial charge in [0.05, 0.1) is 6.10 Å². The SMILES string of the molecule is OC(c1ccccc1C1CC1)C1CCc2cccnc21. The lowest BCUT2D eigenvalue weighted by Crippen LogP contribution is -2.11. The van der Waals surface area contributed by atoms with Crippen LogP contribution in [0.3, 0.4) is 0 Å². The Labute approximate surface area is 119 Å². The van der Waals surface area contributed by atoms with Crippen molar-refractivity contribution < 1.29 is 5.11 Å². The maximum atomic E-state index is 10.9. The topological polar surface area (TPSA) is 33.1 Å². The van der Waals surface area contributed by atoms with E-state index < -0.39 is 6.10 Å². The van der Waals surface area contributed by atoms with Crippen LogP contribution in [0.4, 0.5) is 0 Å². The highest BCUT2D eigenvalue weighted by Crippen LogP contribution is 2.47. The molecule has 0 amide bonds. The zero-order valence-corrected chi connectivity index (χ0v) is 11.5. The molecule has 102 valence electrons. The molecule has 4 rings (SSSR count). The molecule has 0 aliphatic heterocycles. The summed E-state index contributed by atoms with van der Waals surface area (Å²) in [6.07, 6.45) is 6.01. The fourth-order valence-electron chi connectivity index (χ4n) is 3.51. The van der Waals surface area contributed by atoms with Crippen LogP contribution in [-0.4, -0.2) is 10.1 Å². The molecule has 0 saturated heterocycles. The van der Waals surface area contributed by atoms with E-state index in [2.05, 4.69) is 29.2 Å². The molecule has 2 unspecified atom stereocenters. The molecule has 1 N–H and O–H groups in total. The van der Waals surface area contributed by atoms with Crippen LogP contribution in [0.1, 0.15) is 59.6 Å². The summed E-state index contributed by atoms with van der Waals surface area (Å²) in [5.41, 5.74) is 4.88. The van der Waals surface area contributed by atoms with E-state index in [1.54, 1.807) is 0 Å². The van der Waals surface area contributed by atoms with Crippen LogP contribution in [0.5, 0.6) is 0 Å². The minimum absolute atomic E-state index is 0.158. The number of nitrogens with zero attached hydrogens (tertiary/aromatic N) is 1. The molecule has 2 heteroatoms. The normalized spacial score (nSPS) is 22.6. The van der Waals surface area contributed by atoms with Crippen molar-refractivity contribution in [3.63, 3.8) is 0 Å². The first kappa shape index (κ1) is 12.1. The molecule has 2 aliphatic rings. The number of hydrogen-bond donors (Lipinski definition) is 1. The maximum Gasteiger partial charge on any atom is 0.0876 e. The molecule has 1 fully saturated rings. The van der Waals surface area contributed by atoms with Gasteiger partial charge in [-0.25, -0.2) is 0 Å². The molecule has 2 nitrogen and oxygen atoms in total. The van der Waals surface area contributed by atoms with Crippen molar-refractivity contribution in [2.45, 2.75) is 43.6 Å². The molecule has 0 bridgehead atoms. The number of hydrogen-bond acceptors (Lipinski definition) is 2. The zero-order valence-electron chi connectivity index (χ0n) is 11.5. The van der Waals surface area contributed by atoms with Gasteiger partial charge in [-0.3, -0.25) is 4.98 Å². The third-order valence-electron chi connectivity index (χ3n) is 4.71. The Balaban J connectivity index is 1.70. The summed E-state index contributed by atoms with van der Waals surface area (Å²) in [4.78, 5) is 4.52. The maximum absolute atomic E-state index is 10.9. The Bertz CT molecular complexity index is 633. The van der Waals surface area contributed by atoms with Gasteiger partial charge in [0.15, 0.2) is 0 Å². The van der Waals surface area contributed by atoms with Gasteiger partial charge in [-0.05, 0) is 54.4 Å². The Kier molecular flexibility index (Phi) is 2.85. The van der Waals surface area contributed by atoms with Crippen molar-refractivity contribution >= 4 is 0 Å². The van der Waals surface area contributed by atoms with E-state index >= 15 is 0 Å². The van der Waals surface area contributed by atoms with E-state index in [1.807, 2.05) is 18.3 Å². The Morgan fingerprint density at radius 3 is 2.75 bits per heavy atom. The zero-order chi connectivity index (χ0) is 13.5. The van der Waals surface area contributed by atoms with E-state index in [4.69, 9.17) is 0 Å². The summed E-state index contributed by atoms with van der Waals surface area (Å²) in [6.45, 7) is 0. The molecule has 0 spiro atoms. The lowest BCUT2D eigenvalue weighted by atomic mass is 9.89. The summed E-state index contributed by atoms with van der Waals surface area (Å²) in [5.74, 6) is 0.830. The third kappa shape index (κ3) is 1.95. The lowest BCUT2D eigenvalue weighted by molar-refractivity contribution is 0.142. The number of pyridine rings is 1. The lowest BCUT2D eigenvalue weighted by Gasteiger charge is -2.21. The van der Waals surface area contributed by atoms with E-state index in [-0.39, 0.29) is 5.92 Å². The number of rotatable bonds is 3. The van der Waals surface area contributed by atoms with E-state index in [9.17, 15) is 5.11 Å². The van der Waals surface area contributed by atoms with Crippen LogP contribution in [0.15, 0.2) is 42.6 Å². The third-order valence-corrected chi connectivity index (χ3v) is 4.71. The number of aromatic nitrogens is 1. The van der Waals surface area contributed by atoms with E-state index in [0.717, 1.165) is 24.1 Å². The molecule has 20 heavy (non-hydrogen) atoms. The second kappa shape index (κ2) is 4.71. The van der Waals surface area contributed by atoms with Gasteiger partial charge >= 0.3 is 0 Å². The fourth-order valence-corrected chi connectivity index (χ4v) is 3.51. The van der Waals surface area contributed by atoms with Gasteiger partial charge in [-0.15, -0.1) is 0 Å². The average Bonchev–Trinajstić information content (AvgIpc) is 3.26. The molecule has 2 aliphatic carbocycles. The molecule has 1 saturated carbocycles. The Morgan fingerprint density at radius 2 is 1.90 bits per heavy atom. The van der Waals surface area contributed by atoms with Crippen LogP contribution in [-0.2, 0) is 6.42 Å². The molecule has 1 aromatic heterocycles. The highest BCUT2D eigenvalue weighted by molar-refractivity contribution is 5.38. The number of aryl methyl sites for hydroxylation is 1. The molecular formula is C18H19NO. The molecular weight excluding hydrogens is 246 g/mol. The van der Waals surface area contributed by atoms with E-state index in [0.29, 0.717) is 5.92 Å². The van der Waals surface area contributed by atoms with Crippen molar-refractivity contribution in [3.8, 4) is 0 Å². The fraction of sp³-hybridized carbons (Fsp3) is 0.389. The first-order valence-electron chi connectivity index (χ1n) is 7.55. The summed E-state index contributed by atoms with van der Waals surface area (Å²) in [6, 6.07) is 12.5. The highest BCUT2D eigenvalue weighted by Gasteiger charge is 2.34. The Hall–Kier alpha value is -1.67. The summed E-state index contributed by atoms with van der Waals surface area (Å²) < 4.78 is 0. The monoisotopic (exact) mass is 265 g/mol. The quantitative estimate of drug-likeness (QED) is 0.917. The van der Waals surface area contributed by atoms with Gasteiger partial charge in [0, 0.05) is 17.8 Å². The summed E-state index contributed by atoms with van der Waals surface area (Å²) >= 11 is 0. The van der Waals surface area contributed by atoms with Gasteiger partial charge in [0.25, 0.3) is 0 Å². The van der Waals surface area contributed by atoms with Gasteiger partial charge in [0.1, 0.15) is 0 Å². The largest absolute Gasteiger partial charge is 0.388 e. The van der Waals surface area contributed by atoms with E-state index in [1.165, 1.54) is 24.0 Å². The van der Waals surface area contributed by atoms with Crippen molar-refractivity contribution in [3.05, 3.63) is 65.0 Å². The van der Waals surface area contributed by atoms with Crippen LogP contribution < -0.4 is 0 Å². The van der Waals surface area contributed by atoms with Crippen LogP contribution in [0.2, 0.25) is 0 Å². The van der Waals surface area contributed by atoms with Crippen LogP contribution in [0.25, 0.3) is 0 Å². The molecule has 1 heterocycles. The minimum atomic E-state index is -0.414. The van der Waals surface area contributed by atoms with Gasteiger partial charge in [-0.1, -0.05) is 30.3 Å². The van der Waals surface area contributed by atoms with Gasteiger partial charge < -0.3 is 5.11 Å². The van der Waals surface area contributed by atoms with Crippen LogP contribution in [0, 0.1) is 0 Å². The van der Waals surface area contributed by atoms with Crippen molar-refractivity contribution in [2.24, 2.45) is 0 Å². The standard InChI is InChI=1S/C18H19NO/c20-18(15-6-2-1-5-14(15)12-7-8-12)16-10-9-13-4-3-11-19-17(13)16/h1-6,11-12,16,18,20H,7-10H2. The van der Waals surface area contributed by atoms with Gasteiger partial charge in [0.2, 0.25) is 0 Å². The van der Waals surface area contributed by atoms with Crippen LogP contribution >= 0.6 is 0 Å². The second-order valence-corrected chi connectivity index (χ2v) is 6.04. The average molecular weight is 265 g/mol. The molecule has 2 atom stereocenters. The van der Waals surface area contributed by atoms with Crippen molar-refractivity contribution in [1.29, 1.82) is 0 Å². The number of benzene rings is 1. The summed E-state index contributed by atoms with van der Waals surface area (Å²) in [5, 5.41) is 10.9. The first-order chi connectivity index (χ1) is 9.84. The Morgan fingerprint density at radius 1 is 1.05 bits per heavy atom. The second-order valence-electron chi connectivity index (χ2n) is 6.04.